The Morgan fingerprint density at radius 2 is 1.95 bits per heavy atom. The lowest BCUT2D eigenvalue weighted by molar-refractivity contribution is -0.120. The van der Waals surface area contributed by atoms with Crippen LogP contribution in [0.15, 0.2) is 65.1 Å². The lowest BCUT2D eigenvalue weighted by Crippen LogP contribution is -2.19. The standard InChI is InChI=1S/C17H14N2OS/c20-17(11-15-8-4-10-21-15)19-18-12-14-7-3-6-13-5-1-2-9-16(13)14/h1-10,12H,11H2,(H,19,20). The largest absolute Gasteiger partial charge is 0.273 e. The zero-order chi connectivity index (χ0) is 14.5. The number of amides is 1. The van der Waals surface area contributed by atoms with Gasteiger partial charge in [0.15, 0.2) is 0 Å². The molecule has 0 unspecified atom stereocenters. The van der Waals surface area contributed by atoms with Crippen molar-refractivity contribution in [2.24, 2.45) is 5.10 Å². The van der Waals surface area contributed by atoms with Crippen molar-refractivity contribution in [2.45, 2.75) is 6.42 Å². The van der Waals surface area contributed by atoms with Gasteiger partial charge in [0, 0.05) is 10.4 Å². The van der Waals surface area contributed by atoms with E-state index in [-0.39, 0.29) is 5.91 Å². The Labute approximate surface area is 126 Å². The molecule has 2 aromatic carbocycles. The third kappa shape index (κ3) is 3.35. The fourth-order valence-electron chi connectivity index (χ4n) is 2.15. The maximum Gasteiger partial charge on any atom is 0.245 e. The number of nitrogens with zero attached hydrogens (tertiary/aromatic N) is 1. The topological polar surface area (TPSA) is 41.5 Å². The normalized spacial score (nSPS) is 11.0. The fourth-order valence-corrected chi connectivity index (χ4v) is 2.85. The Morgan fingerprint density at radius 3 is 2.81 bits per heavy atom. The van der Waals surface area contributed by atoms with Gasteiger partial charge in [0.1, 0.15) is 0 Å². The summed E-state index contributed by atoms with van der Waals surface area (Å²) >= 11 is 1.57. The van der Waals surface area contributed by atoms with Crippen molar-refractivity contribution in [2.75, 3.05) is 0 Å². The Hall–Kier alpha value is -2.46. The molecule has 0 saturated heterocycles. The van der Waals surface area contributed by atoms with Crippen LogP contribution in [0, 0.1) is 0 Å². The van der Waals surface area contributed by atoms with Crippen LogP contribution < -0.4 is 5.43 Å². The van der Waals surface area contributed by atoms with Crippen LogP contribution in [0.25, 0.3) is 10.8 Å². The first-order chi connectivity index (χ1) is 10.3. The van der Waals surface area contributed by atoms with E-state index in [1.807, 2.05) is 47.8 Å². The summed E-state index contributed by atoms with van der Waals surface area (Å²) in [4.78, 5) is 12.8. The number of fused-ring (bicyclic) bond motifs is 1. The number of carbonyl (C=O) groups excluding carboxylic acids is 1. The maximum absolute atomic E-state index is 11.7. The van der Waals surface area contributed by atoms with Gasteiger partial charge in [-0.1, -0.05) is 48.5 Å². The minimum atomic E-state index is -0.103. The average molecular weight is 294 g/mol. The monoisotopic (exact) mass is 294 g/mol. The van der Waals surface area contributed by atoms with Crippen LogP contribution in [-0.4, -0.2) is 12.1 Å². The fraction of sp³-hybridized carbons (Fsp3) is 0.0588. The first-order valence-corrected chi connectivity index (χ1v) is 7.53. The lowest BCUT2D eigenvalue weighted by atomic mass is 10.1. The molecule has 104 valence electrons. The third-order valence-electron chi connectivity index (χ3n) is 3.13. The highest BCUT2D eigenvalue weighted by atomic mass is 32.1. The van der Waals surface area contributed by atoms with E-state index in [2.05, 4.69) is 22.7 Å². The summed E-state index contributed by atoms with van der Waals surface area (Å²) in [5, 5.41) is 8.29. The summed E-state index contributed by atoms with van der Waals surface area (Å²) < 4.78 is 0. The highest BCUT2D eigenvalue weighted by Crippen LogP contribution is 2.16. The summed E-state index contributed by atoms with van der Waals surface area (Å²) in [7, 11) is 0. The van der Waals surface area contributed by atoms with Crippen LogP contribution in [0.3, 0.4) is 0 Å². The maximum atomic E-state index is 11.7. The first-order valence-electron chi connectivity index (χ1n) is 6.65. The minimum Gasteiger partial charge on any atom is -0.273 e. The van der Waals surface area contributed by atoms with E-state index in [1.54, 1.807) is 17.6 Å². The number of carbonyl (C=O) groups is 1. The second-order valence-corrected chi connectivity index (χ2v) is 5.65. The summed E-state index contributed by atoms with van der Waals surface area (Å²) in [5.74, 6) is -0.103. The average Bonchev–Trinajstić information content (AvgIpc) is 3.00. The molecule has 1 amide bonds. The highest BCUT2D eigenvalue weighted by Gasteiger charge is 2.02. The second kappa shape index (κ2) is 6.33. The molecule has 0 aliphatic carbocycles. The van der Waals surface area contributed by atoms with Gasteiger partial charge in [-0.2, -0.15) is 5.10 Å². The molecule has 0 aliphatic heterocycles. The molecule has 3 rings (SSSR count). The number of rotatable bonds is 4. The molecule has 21 heavy (non-hydrogen) atoms. The molecule has 0 radical (unpaired) electrons. The van der Waals surface area contributed by atoms with Gasteiger partial charge in [0.25, 0.3) is 0 Å². The molecule has 1 heterocycles. The predicted molar refractivity (Wildman–Crippen MR) is 87.7 cm³/mol. The van der Waals surface area contributed by atoms with E-state index in [0.29, 0.717) is 6.42 Å². The van der Waals surface area contributed by atoms with Crippen molar-refractivity contribution in [1.82, 2.24) is 5.43 Å². The van der Waals surface area contributed by atoms with Gasteiger partial charge < -0.3 is 0 Å². The quantitative estimate of drug-likeness (QED) is 0.580. The lowest BCUT2D eigenvalue weighted by Gasteiger charge is -2.01. The van der Waals surface area contributed by atoms with Crippen LogP contribution in [0.4, 0.5) is 0 Å². The van der Waals surface area contributed by atoms with E-state index in [9.17, 15) is 4.79 Å². The molecule has 1 aromatic heterocycles. The Morgan fingerprint density at radius 1 is 1.10 bits per heavy atom. The van der Waals surface area contributed by atoms with E-state index >= 15 is 0 Å². The Kier molecular flexibility index (Phi) is 4.07. The van der Waals surface area contributed by atoms with Gasteiger partial charge in [0.2, 0.25) is 5.91 Å². The van der Waals surface area contributed by atoms with Gasteiger partial charge in [-0.15, -0.1) is 11.3 Å². The van der Waals surface area contributed by atoms with Gasteiger partial charge in [0.05, 0.1) is 12.6 Å². The van der Waals surface area contributed by atoms with Crippen molar-refractivity contribution >= 4 is 34.2 Å². The summed E-state index contributed by atoms with van der Waals surface area (Å²) in [6.07, 6.45) is 2.05. The van der Waals surface area contributed by atoms with E-state index in [4.69, 9.17) is 0 Å². The second-order valence-electron chi connectivity index (χ2n) is 4.62. The Bertz CT molecular complexity index is 773. The van der Waals surface area contributed by atoms with Crippen molar-refractivity contribution in [3.8, 4) is 0 Å². The molecule has 1 N–H and O–H groups in total. The minimum absolute atomic E-state index is 0.103. The first kappa shape index (κ1) is 13.5. The summed E-state index contributed by atoms with van der Waals surface area (Å²) in [6, 6.07) is 18.0. The van der Waals surface area contributed by atoms with Crippen molar-refractivity contribution in [3.63, 3.8) is 0 Å². The molecule has 3 nitrogen and oxygen atoms in total. The zero-order valence-corrected chi connectivity index (χ0v) is 12.1. The van der Waals surface area contributed by atoms with Gasteiger partial charge >= 0.3 is 0 Å². The van der Waals surface area contributed by atoms with Gasteiger partial charge in [-0.05, 0) is 22.2 Å². The Balaban J connectivity index is 1.69. The number of thiophene rings is 1. The van der Waals surface area contributed by atoms with Crippen LogP contribution in [-0.2, 0) is 11.2 Å². The molecule has 0 bridgehead atoms. The van der Waals surface area contributed by atoms with Crippen molar-refractivity contribution in [1.29, 1.82) is 0 Å². The molecule has 0 aliphatic rings. The molecule has 4 heteroatoms. The molecular weight excluding hydrogens is 280 g/mol. The molecule has 0 saturated carbocycles. The number of hydrogen-bond acceptors (Lipinski definition) is 3. The number of hydrogen-bond donors (Lipinski definition) is 1. The molecule has 0 atom stereocenters. The van der Waals surface area contributed by atoms with Crippen LogP contribution in [0.5, 0.6) is 0 Å². The van der Waals surface area contributed by atoms with Crippen LogP contribution >= 0.6 is 11.3 Å². The van der Waals surface area contributed by atoms with Gasteiger partial charge in [-0.25, -0.2) is 5.43 Å². The van der Waals surface area contributed by atoms with Crippen molar-refractivity contribution in [3.05, 3.63) is 70.4 Å². The van der Waals surface area contributed by atoms with Crippen LogP contribution in [0.1, 0.15) is 10.4 Å². The SMILES string of the molecule is O=C(Cc1cccs1)NN=Cc1cccc2ccccc12. The van der Waals surface area contributed by atoms with Gasteiger partial charge in [-0.3, -0.25) is 4.79 Å². The summed E-state index contributed by atoms with van der Waals surface area (Å²) in [6.45, 7) is 0. The van der Waals surface area contributed by atoms with E-state index in [0.717, 1.165) is 21.2 Å². The number of benzene rings is 2. The number of hydrazone groups is 1. The predicted octanol–water partition coefficient (Wildman–Crippen LogP) is 3.59. The molecular formula is C17H14N2OS. The summed E-state index contributed by atoms with van der Waals surface area (Å²) in [5.41, 5.74) is 3.56. The number of nitrogens with one attached hydrogen (secondary N) is 1. The smallest absolute Gasteiger partial charge is 0.245 e. The molecule has 3 aromatic rings. The molecule has 0 fully saturated rings. The van der Waals surface area contributed by atoms with E-state index < -0.39 is 0 Å². The zero-order valence-electron chi connectivity index (χ0n) is 11.3. The van der Waals surface area contributed by atoms with Crippen LogP contribution in [0.2, 0.25) is 0 Å². The highest BCUT2D eigenvalue weighted by molar-refractivity contribution is 7.10. The van der Waals surface area contributed by atoms with E-state index in [1.165, 1.54) is 0 Å². The third-order valence-corrected chi connectivity index (χ3v) is 4.01. The molecule has 0 spiro atoms. The van der Waals surface area contributed by atoms with Crippen molar-refractivity contribution < 1.29 is 4.79 Å².